The average Bonchev–Trinajstić information content (AvgIpc) is 3.17. The van der Waals surface area contributed by atoms with Gasteiger partial charge in [0.2, 0.25) is 0 Å². The minimum atomic E-state index is -3.23. The molecule has 200 valence electrons. The van der Waals surface area contributed by atoms with E-state index in [2.05, 4.69) is 22.5 Å². The van der Waals surface area contributed by atoms with Crippen molar-refractivity contribution < 1.29 is 27.9 Å². The maximum absolute atomic E-state index is 13.1. The molecular weight excluding hydrogens is 494 g/mol. The number of sulfone groups is 1. The topological polar surface area (TPSA) is 125 Å². The average molecular weight is 530 g/mol. The Labute approximate surface area is 218 Å². The lowest BCUT2D eigenvalue weighted by atomic mass is 9.92. The van der Waals surface area contributed by atoms with Crippen molar-refractivity contribution in [3.63, 3.8) is 0 Å². The van der Waals surface area contributed by atoms with Crippen molar-refractivity contribution in [1.29, 1.82) is 0 Å². The van der Waals surface area contributed by atoms with Gasteiger partial charge < -0.3 is 25.4 Å². The molecule has 2 amide bonds. The standard InChI is InChI=1S/C27H35N3O6S/c1-3-18(15-26(31)32)19-6-8-25(30(4-2)23-9-11-36-12-10-23)24(14-19)29-27(33)28-22-7-5-20-16-37(34,35)17-21(20)13-22/h6-8,13-14,16,18,23H,3-5,9-12,15,17H2,1-2H3,(H,31,32)(H2,28,29,33)/t18-/m1/s1. The summed E-state index contributed by atoms with van der Waals surface area (Å²) in [7, 11) is -3.23. The Balaban J connectivity index is 1.59. The molecule has 0 bridgehead atoms. The van der Waals surface area contributed by atoms with E-state index < -0.39 is 21.8 Å². The predicted octanol–water partition coefficient (Wildman–Crippen LogP) is 4.31. The Hall–Kier alpha value is -3.11. The highest BCUT2D eigenvalue weighted by Crippen LogP contribution is 2.35. The van der Waals surface area contributed by atoms with E-state index in [0.29, 0.717) is 43.0 Å². The van der Waals surface area contributed by atoms with Gasteiger partial charge in [0.05, 0.1) is 23.5 Å². The van der Waals surface area contributed by atoms with Gasteiger partial charge in [0.25, 0.3) is 0 Å². The first-order valence-electron chi connectivity index (χ1n) is 12.8. The summed E-state index contributed by atoms with van der Waals surface area (Å²) < 4.78 is 29.4. The quantitative estimate of drug-likeness (QED) is 0.435. The third-order valence-corrected chi connectivity index (χ3v) is 8.51. The van der Waals surface area contributed by atoms with E-state index in [-0.39, 0.29) is 24.1 Å². The highest BCUT2D eigenvalue weighted by atomic mass is 32.2. The van der Waals surface area contributed by atoms with Crippen molar-refractivity contribution in [2.24, 2.45) is 0 Å². The predicted molar refractivity (Wildman–Crippen MR) is 143 cm³/mol. The monoisotopic (exact) mass is 529 g/mol. The van der Waals surface area contributed by atoms with Gasteiger partial charge in [-0.25, -0.2) is 13.2 Å². The first-order chi connectivity index (χ1) is 17.7. The number of nitrogens with one attached hydrogen (secondary N) is 2. The van der Waals surface area contributed by atoms with Crippen LogP contribution >= 0.6 is 0 Å². The van der Waals surface area contributed by atoms with E-state index in [9.17, 15) is 23.1 Å². The second-order valence-electron chi connectivity index (χ2n) is 9.67. The first kappa shape index (κ1) is 26.9. The zero-order valence-electron chi connectivity index (χ0n) is 21.3. The molecule has 1 aromatic carbocycles. The van der Waals surface area contributed by atoms with Crippen molar-refractivity contribution in [2.45, 2.75) is 57.9 Å². The molecule has 0 saturated carbocycles. The molecule has 1 fully saturated rings. The summed E-state index contributed by atoms with van der Waals surface area (Å²) in [6, 6.07) is 5.64. The van der Waals surface area contributed by atoms with Crippen LogP contribution in [-0.2, 0) is 19.4 Å². The molecule has 2 heterocycles. The summed E-state index contributed by atoms with van der Waals surface area (Å²) in [5.41, 5.74) is 4.36. The zero-order chi connectivity index (χ0) is 26.6. The Morgan fingerprint density at radius 2 is 1.92 bits per heavy atom. The van der Waals surface area contributed by atoms with Crippen LogP contribution < -0.4 is 15.5 Å². The molecule has 4 rings (SSSR count). The number of carboxylic acid groups (broad SMARTS) is 1. The van der Waals surface area contributed by atoms with Crippen molar-refractivity contribution >= 4 is 33.2 Å². The van der Waals surface area contributed by atoms with Crippen LogP contribution in [0.15, 0.2) is 52.6 Å². The molecule has 1 aromatic rings. The molecule has 10 heteroatoms. The van der Waals surface area contributed by atoms with Gasteiger partial charge in [0.15, 0.2) is 9.84 Å². The summed E-state index contributed by atoms with van der Waals surface area (Å²) in [5, 5.41) is 16.5. The van der Waals surface area contributed by atoms with Gasteiger partial charge in [-0.1, -0.05) is 19.1 Å². The van der Waals surface area contributed by atoms with Crippen molar-refractivity contribution in [2.75, 3.05) is 35.7 Å². The third kappa shape index (κ3) is 6.61. The fourth-order valence-corrected chi connectivity index (χ4v) is 6.75. The zero-order valence-corrected chi connectivity index (χ0v) is 22.1. The van der Waals surface area contributed by atoms with Crippen LogP contribution in [0.2, 0.25) is 0 Å². The van der Waals surface area contributed by atoms with Gasteiger partial charge in [-0.2, -0.15) is 0 Å². The van der Waals surface area contributed by atoms with E-state index >= 15 is 0 Å². The largest absolute Gasteiger partial charge is 0.481 e. The Kier molecular flexibility index (Phi) is 8.39. The van der Waals surface area contributed by atoms with Crippen LogP contribution in [0.1, 0.15) is 57.4 Å². The Bertz CT molecular complexity index is 1240. The third-order valence-electron chi connectivity index (χ3n) is 7.16. The van der Waals surface area contributed by atoms with Gasteiger partial charge in [0.1, 0.15) is 0 Å². The summed E-state index contributed by atoms with van der Waals surface area (Å²) in [4.78, 5) is 26.8. The molecule has 1 saturated heterocycles. The van der Waals surface area contributed by atoms with Gasteiger partial charge in [-0.15, -0.1) is 0 Å². The number of fused-ring (bicyclic) bond motifs is 1. The lowest BCUT2D eigenvalue weighted by Crippen LogP contribution is -2.40. The number of amides is 2. The van der Waals surface area contributed by atoms with Crippen molar-refractivity contribution in [3.05, 3.63) is 58.2 Å². The number of nitrogens with zero attached hydrogens (tertiary/aromatic N) is 1. The first-order valence-corrected chi connectivity index (χ1v) is 14.5. The molecule has 3 N–H and O–H groups in total. The van der Waals surface area contributed by atoms with Gasteiger partial charge in [-0.3, -0.25) is 4.79 Å². The lowest BCUT2D eigenvalue weighted by Gasteiger charge is -2.36. The van der Waals surface area contributed by atoms with Crippen LogP contribution in [0.5, 0.6) is 0 Å². The number of hydrogen-bond donors (Lipinski definition) is 3. The maximum atomic E-state index is 13.1. The lowest BCUT2D eigenvalue weighted by molar-refractivity contribution is -0.137. The molecule has 9 nitrogen and oxygen atoms in total. The number of carbonyl (C=O) groups excluding carboxylic acids is 1. The van der Waals surface area contributed by atoms with Gasteiger partial charge in [-0.05, 0) is 73.4 Å². The summed E-state index contributed by atoms with van der Waals surface area (Å²) >= 11 is 0. The number of rotatable bonds is 9. The summed E-state index contributed by atoms with van der Waals surface area (Å²) in [6.07, 6.45) is 6.40. The van der Waals surface area contributed by atoms with Crippen LogP contribution in [0.3, 0.4) is 0 Å². The number of ether oxygens (including phenoxy) is 1. The molecular formula is C27H35N3O6S. The van der Waals surface area contributed by atoms with Gasteiger partial charge in [0, 0.05) is 36.9 Å². The van der Waals surface area contributed by atoms with E-state index in [1.54, 1.807) is 12.2 Å². The minimum absolute atomic E-state index is 0.0121. The molecule has 0 unspecified atom stereocenters. The molecule has 37 heavy (non-hydrogen) atoms. The normalized spacial score (nSPS) is 19.7. The number of hydrogen-bond acceptors (Lipinski definition) is 6. The van der Waals surface area contributed by atoms with Crippen molar-refractivity contribution in [3.8, 4) is 0 Å². The minimum Gasteiger partial charge on any atom is -0.481 e. The molecule has 0 radical (unpaired) electrons. The summed E-state index contributed by atoms with van der Waals surface area (Å²) in [5.74, 6) is -1.08. The molecule has 2 aliphatic heterocycles. The Morgan fingerprint density at radius 1 is 1.16 bits per heavy atom. The second-order valence-corrected chi connectivity index (χ2v) is 11.5. The van der Waals surface area contributed by atoms with Crippen molar-refractivity contribution in [1.82, 2.24) is 5.32 Å². The van der Waals surface area contributed by atoms with E-state index in [0.717, 1.165) is 36.2 Å². The van der Waals surface area contributed by atoms with E-state index in [1.165, 1.54) is 5.41 Å². The highest BCUT2D eigenvalue weighted by molar-refractivity contribution is 7.94. The number of aliphatic carboxylic acids is 1. The fraction of sp³-hybridized carbons (Fsp3) is 0.481. The van der Waals surface area contributed by atoms with Crippen LogP contribution in [0.4, 0.5) is 16.2 Å². The van der Waals surface area contributed by atoms with Crippen LogP contribution in [0.25, 0.3) is 0 Å². The van der Waals surface area contributed by atoms with E-state index in [1.807, 2.05) is 25.1 Å². The number of allylic oxidation sites excluding steroid dienone is 3. The number of benzene rings is 1. The van der Waals surface area contributed by atoms with Gasteiger partial charge >= 0.3 is 12.0 Å². The highest BCUT2D eigenvalue weighted by Gasteiger charge is 2.27. The molecule has 1 atom stereocenters. The number of carbonyl (C=O) groups is 2. The van der Waals surface area contributed by atoms with E-state index in [4.69, 9.17) is 4.74 Å². The fourth-order valence-electron chi connectivity index (χ4n) is 5.28. The maximum Gasteiger partial charge on any atom is 0.323 e. The smallest absolute Gasteiger partial charge is 0.323 e. The molecule has 3 aliphatic rings. The molecule has 1 aliphatic carbocycles. The summed E-state index contributed by atoms with van der Waals surface area (Å²) in [6.45, 7) is 6.15. The number of carboxylic acids is 1. The number of urea groups is 1. The number of anilines is 2. The van der Waals surface area contributed by atoms with Crippen LogP contribution in [-0.4, -0.2) is 57.1 Å². The second kappa shape index (κ2) is 11.5. The molecule has 0 spiro atoms. The molecule has 0 aromatic heterocycles. The Morgan fingerprint density at radius 3 is 2.59 bits per heavy atom. The van der Waals surface area contributed by atoms with Crippen LogP contribution in [0, 0.1) is 0 Å². The SMILES string of the molecule is CC[C@H](CC(=O)O)c1ccc(N(CC)C2CCOCC2)c(NC(=O)NC2=CCC3=CS(=O)(=O)CC3=C2)c1.